The van der Waals surface area contributed by atoms with E-state index >= 15 is 0 Å². The lowest BCUT2D eigenvalue weighted by molar-refractivity contribution is -0.178. The highest BCUT2D eigenvalue weighted by atomic mass is 16.7. The normalized spacial score (nSPS) is 19.7. The quantitative estimate of drug-likeness (QED) is 0.849. The minimum atomic E-state index is -1.28. The molecule has 0 atom stereocenters. The van der Waals surface area contributed by atoms with Crippen LogP contribution in [0.3, 0.4) is 0 Å². The zero-order chi connectivity index (χ0) is 12.9. The first-order valence-corrected chi connectivity index (χ1v) is 6.07. The molecule has 2 aromatic rings. The summed E-state index contributed by atoms with van der Waals surface area (Å²) in [6.45, 7) is 0.829. The summed E-state index contributed by atoms with van der Waals surface area (Å²) in [6.07, 6.45) is 1.62. The maximum Gasteiger partial charge on any atom is 0.289 e. The van der Waals surface area contributed by atoms with Crippen molar-refractivity contribution in [2.24, 2.45) is 0 Å². The molecule has 0 bridgehead atoms. The molecular weight excluding hydrogens is 246 g/mol. The highest BCUT2D eigenvalue weighted by Gasteiger charge is 2.52. The van der Waals surface area contributed by atoms with Crippen LogP contribution in [0.25, 0.3) is 11.3 Å². The molecule has 5 heteroatoms. The molecule has 2 aliphatic heterocycles. The summed E-state index contributed by atoms with van der Waals surface area (Å²) < 4.78 is 16.5. The summed E-state index contributed by atoms with van der Waals surface area (Å²) in [5.41, 5.74) is 2.32. The van der Waals surface area contributed by atoms with Crippen molar-refractivity contribution >= 4 is 11.6 Å². The van der Waals surface area contributed by atoms with Crippen molar-refractivity contribution in [3.63, 3.8) is 0 Å². The van der Waals surface area contributed by atoms with Gasteiger partial charge in [0.05, 0.1) is 25.2 Å². The fraction of sp³-hybridized carbons (Fsp3) is 0.214. The molecule has 4 rings (SSSR count). The molecule has 0 radical (unpaired) electrons. The van der Waals surface area contributed by atoms with E-state index in [0.717, 1.165) is 17.0 Å². The van der Waals surface area contributed by atoms with Gasteiger partial charge in [0.2, 0.25) is 0 Å². The molecule has 19 heavy (non-hydrogen) atoms. The SMILES string of the molecule is O=C1Nc2ccc(-c3ccco3)cc2C12OCCO2. The van der Waals surface area contributed by atoms with Crippen LogP contribution in [-0.2, 0) is 20.1 Å². The monoisotopic (exact) mass is 257 g/mol. The van der Waals surface area contributed by atoms with Crippen LogP contribution in [0, 0.1) is 0 Å². The van der Waals surface area contributed by atoms with Crippen LogP contribution in [0.2, 0.25) is 0 Å². The number of benzene rings is 1. The lowest BCUT2D eigenvalue weighted by Crippen LogP contribution is -2.35. The summed E-state index contributed by atoms with van der Waals surface area (Å²) in [7, 11) is 0. The van der Waals surface area contributed by atoms with Gasteiger partial charge in [-0.1, -0.05) is 0 Å². The highest BCUT2D eigenvalue weighted by Crippen LogP contribution is 2.43. The molecule has 1 saturated heterocycles. The number of hydrogen-bond donors (Lipinski definition) is 1. The molecule has 1 N–H and O–H groups in total. The second-order valence-electron chi connectivity index (χ2n) is 4.51. The maximum absolute atomic E-state index is 12.1. The summed E-state index contributed by atoms with van der Waals surface area (Å²) in [6, 6.07) is 9.30. The minimum Gasteiger partial charge on any atom is -0.464 e. The predicted octanol–water partition coefficient (Wildman–Crippen LogP) is 2.10. The standard InChI is InChI=1S/C14H11NO4/c16-13-14(18-6-7-19-14)10-8-9(3-4-11(10)15-13)12-2-1-5-17-12/h1-5,8H,6-7H2,(H,15,16). The van der Waals surface area contributed by atoms with Gasteiger partial charge in [-0.25, -0.2) is 0 Å². The molecule has 0 saturated carbocycles. The summed E-state index contributed by atoms with van der Waals surface area (Å²) >= 11 is 0. The van der Waals surface area contributed by atoms with E-state index in [1.807, 2.05) is 30.3 Å². The molecule has 1 aromatic heterocycles. The molecule has 1 fully saturated rings. The number of amides is 1. The third-order valence-corrected chi connectivity index (χ3v) is 3.42. The van der Waals surface area contributed by atoms with Gasteiger partial charge in [-0.2, -0.15) is 0 Å². The van der Waals surface area contributed by atoms with Gasteiger partial charge in [-0.05, 0) is 30.3 Å². The Morgan fingerprint density at radius 3 is 2.74 bits per heavy atom. The number of nitrogens with one attached hydrogen (secondary N) is 1. The minimum absolute atomic E-state index is 0.267. The Balaban J connectivity index is 1.87. The molecule has 0 aliphatic carbocycles. The number of carbonyl (C=O) groups is 1. The van der Waals surface area contributed by atoms with Gasteiger partial charge >= 0.3 is 0 Å². The Bertz CT molecular complexity index is 641. The van der Waals surface area contributed by atoms with Crippen LogP contribution in [0.15, 0.2) is 41.0 Å². The van der Waals surface area contributed by atoms with Crippen molar-refractivity contribution in [3.05, 3.63) is 42.2 Å². The van der Waals surface area contributed by atoms with Gasteiger partial charge in [-0.15, -0.1) is 0 Å². The van der Waals surface area contributed by atoms with Crippen molar-refractivity contribution in [2.45, 2.75) is 5.79 Å². The Hall–Kier alpha value is -2.11. The van der Waals surface area contributed by atoms with Crippen molar-refractivity contribution < 1.29 is 18.7 Å². The Kier molecular flexibility index (Phi) is 2.09. The fourth-order valence-corrected chi connectivity index (χ4v) is 2.55. The van der Waals surface area contributed by atoms with E-state index in [0.29, 0.717) is 18.8 Å². The first-order valence-electron chi connectivity index (χ1n) is 6.07. The summed E-state index contributed by atoms with van der Waals surface area (Å²) in [5, 5.41) is 2.78. The van der Waals surface area contributed by atoms with E-state index in [1.165, 1.54) is 0 Å². The summed E-state index contributed by atoms with van der Waals surface area (Å²) in [5.74, 6) is -0.801. The van der Waals surface area contributed by atoms with Crippen molar-refractivity contribution in [1.29, 1.82) is 0 Å². The molecule has 5 nitrogen and oxygen atoms in total. The van der Waals surface area contributed by atoms with E-state index in [2.05, 4.69) is 5.32 Å². The first-order chi connectivity index (χ1) is 9.29. The fourth-order valence-electron chi connectivity index (χ4n) is 2.55. The number of rotatable bonds is 1. The predicted molar refractivity (Wildman–Crippen MR) is 66.4 cm³/mol. The number of furan rings is 1. The topological polar surface area (TPSA) is 60.7 Å². The van der Waals surface area contributed by atoms with Crippen LogP contribution in [0.5, 0.6) is 0 Å². The van der Waals surface area contributed by atoms with Gasteiger partial charge in [0.1, 0.15) is 5.76 Å². The van der Waals surface area contributed by atoms with E-state index < -0.39 is 5.79 Å². The van der Waals surface area contributed by atoms with Gasteiger partial charge in [0, 0.05) is 11.1 Å². The zero-order valence-corrected chi connectivity index (χ0v) is 10.0. The zero-order valence-electron chi connectivity index (χ0n) is 10.0. The van der Waals surface area contributed by atoms with Crippen molar-refractivity contribution in [3.8, 4) is 11.3 Å². The molecular formula is C14H11NO4. The average molecular weight is 257 g/mol. The molecule has 1 amide bonds. The van der Waals surface area contributed by atoms with Gasteiger partial charge in [-0.3, -0.25) is 4.79 Å². The smallest absolute Gasteiger partial charge is 0.289 e. The van der Waals surface area contributed by atoms with Crippen LogP contribution >= 0.6 is 0 Å². The second-order valence-corrected chi connectivity index (χ2v) is 4.51. The Morgan fingerprint density at radius 1 is 1.16 bits per heavy atom. The number of ether oxygens (including phenoxy) is 2. The third kappa shape index (κ3) is 1.39. The van der Waals surface area contributed by atoms with E-state index in [-0.39, 0.29) is 5.91 Å². The average Bonchev–Trinajstić information content (AvgIpc) is 3.15. The van der Waals surface area contributed by atoms with E-state index in [1.54, 1.807) is 6.26 Å². The van der Waals surface area contributed by atoms with E-state index in [4.69, 9.17) is 13.9 Å². The summed E-state index contributed by atoms with van der Waals surface area (Å²) in [4.78, 5) is 12.1. The van der Waals surface area contributed by atoms with E-state index in [9.17, 15) is 4.79 Å². The van der Waals surface area contributed by atoms with Gasteiger partial charge in [0.25, 0.3) is 11.7 Å². The van der Waals surface area contributed by atoms with Gasteiger partial charge < -0.3 is 19.2 Å². The number of anilines is 1. The molecule has 1 spiro atoms. The van der Waals surface area contributed by atoms with Crippen molar-refractivity contribution in [1.82, 2.24) is 0 Å². The van der Waals surface area contributed by atoms with Crippen LogP contribution < -0.4 is 5.32 Å². The molecule has 0 unspecified atom stereocenters. The molecule has 3 heterocycles. The largest absolute Gasteiger partial charge is 0.464 e. The van der Waals surface area contributed by atoms with Gasteiger partial charge in [0.15, 0.2) is 0 Å². The molecule has 2 aliphatic rings. The third-order valence-electron chi connectivity index (χ3n) is 3.42. The van der Waals surface area contributed by atoms with Crippen molar-refractivity contribution in [2.75, 3.05) is 18.5 Å². The van der Waals surface area contributed by atoms with Crippen LogP contribution in [0.4, 0.5) is 5.69 Å². The molecule has 1 aromatic carbocycles. The number of fused-ring (bicyclic) bond motifs is 2. The van der Waals surface area contributed by atoms with Crippen LogP contribution in [0.1, 0.15) is 5.56 Å². The molecule has 96 valence electrons. The maximum atomic E-state index is 12.1. The Labute approximate surface area is 109 Å². The lowest BCUT2D eigenvalue weighted by atomic mass is 10.0. The number of carbonyl (C=O) groups excluding carboxylic acids is 1. The van der Waals surface area contributed by atoms with Crippen LogP contribution in [-0.4, -0.2) is 19.1 Å². The Morgan fingerprint density at radius 2 is 2.00 bits per heavy atom. The second kappa shape index (κ2) is 3.69. The lowest BCUT2D eigenvalue weighted by Gasteiger charge is -2.19. The highest BCUT2D eigenvalue weighted by molar-refractivity contribution is 6.04. The number of hydrogen-bond acceptors (Lipinski definition) is 4. The first kappa shape index (κ1) is 10.8.